The van der Waals surface area contributed by atoms with Crippen molar-refractivity contribution in [2.45, 2.75) is 50.7 Å². The van der Waals surface area contributed by atoms with Crippen LogP contribution in [0.15, 0.2) is 24.3 Å². The summed E-state index contributed by atoms with van der Waals surface area (Å²) >= 11 is 0. The van der Waals surface area contributed by atoms with Gasteiger partial charge in [-0.05, 0) is 49.4 Å². The minimum absolute atomic E-state index is 0.109. The number of carbonyl (C=O) groups is 1. The number of hydrogen-bond donors (Lipinski definition) is 2. The smallest absolute Gasteiger partial charge is 0.322 e. The van der Waals surface area contributed by atoms with Crippen molar-refractivity contribution in [3.63, 3.8) is 0 Å². The van der Waals surface area contributed by atoms with Crippen molar-refractivity contribution in [3.05, 3.63) is 24.3 Å². The number of hydrogen-bond acceptors (Lipinski definition) is 3. The third-order valence-corrected chi connectivity index (χ3v) is 5.12. The molecule has 2 fully saturated rings. The molecule has 5 nitrogen and oxygen atoms in total. The van der Waals surface area contributed by atoms with Crippen molar-refractivity contribution in [1.82, 2.24) is 4.90 Å². The molecule has 1 saturated heterocycles. The van der Waals surface area contributed by atoms with Crippen LogP contribution in [0.2, 0.25) is 0 Å². The average Bonchev–Trinajstić information content (AvgIpc) is 2.98. The molecule has 1 aliphatic heterocycles. The molecule has 0 spiro atoms. The highest BCUT2D eigenvalue weighted by Gasteiger charge is 2.39. The monoisotopic (exact) mass is 318 g/mol. The Bertz CT molecular complexity index is 526. The van der Waals surface area contributed by atoms with E-state index >= 15 is 0 Å². The molecule has 1 aromatic carbocycles. The first-order valence-electron chi connectivity index (χ1n) is 8.57. The zero-order valence-electron chi connectivity index (χ0n) is 13.7. The summed E-state index contributed by atoms with van der Waals surface area (Å²) in [6.45, 7) is 0.434. The fraction of sp³-hybridized carbons (Fsp3) is 0.611. The molecule has 1 saturated carbocycles. The number of carbonyl (C=O) groups excluding carboxylic acids is 1. The van der Waals surface area contributed by atoms with Gasteiger partial charge in [0.25, 0.3) is 0 Å². The summed E-state index contributed by atoms with van der Waals surface area (Å²) in [5, 5.41) is 13.0. The third-order valence-electron chi connectivity index (χ3n) is 5.12. The Morgan fingerprint density at radius 1 is 1.22 bits per heavy atom. The fourth-order valence-electron chi connectivity index (χ4n) is 3.91. The van der Waals surface area contributed by atoms with Crippen LogP contribution in [-0.2, 0) is 0 Å². The van der Waals surface area contributed by atoms with Crippen molar-refractivity contribution in [2.75, 3.05) is 19.0 Å². The molecule has 126 valence electrons. The van der Waals surface area contributed by atoms with Gasteiger partial charge in [-0.15, -0.1) is 0 Å². The van der Waals surface area contributed by atoms with Gasteiger partial charge in [-0.2, -0.15) is 0 Å². The second kappa shape index (κ2) is 7.21. The summed E-state index contributed by atoms with van der Waals surface area (Å²) in [5.41, 5.74) is 0.750. The number of benzene rings is 1. The standard InChI is InChI=1S/C18H26N2O3/c1-23-16-9-7-14(8-10-16)19-18(22)20-12-15(21)11-17(20)13-5-3-2-4-6-13/h7-10,13,15,17,21H,2-6,11-12H2,1H3,(H,19,22). The lowest BCUT2D eigenvalue weighted by molar-refractivity contribution is 0.164. The minimum atomic E-state index is -0.399. The summed E-state index contributed by atoms with van der Waals surface area (Å²) in [5.74, 6) is 1.29. The van der Waals surface area contributed by atoms with Crippen LogP contribution in [0.4, 0.5) is 10.5 Å². The second-order valence-corrected chi connectivity index (χ2v) is 6.67. The van der Waals surface area contributed by atoms with E-state index in [0.29, 0.717) is 18.9 Å². The molecule has 0 radical (unpaired) electrons. The van der Waals surface area contributed by atoms with Gasteiger partial charge in [-0.3, -0.25) is 0 Å². The van der Waals surface area contributed by atoms with Crippen molar-refractivity contribution in [3.8, 4) is 5.75 Å². The van der Waals surface area contributed by atoms with E-state index in [0.717, 1.165) is 11.4 Å². The van der Waals surface area contributed by atoms with Crippen LogP contribution >= 0.6 is 0 Å². The van der Waals surface area contributed by atoms with Gasteiger partial charge in [0.2, 0.25) is 0 Å². The molecule has 1 aliphatic carbocycles. The second-order valence-electron chi connectivity index (χ2n) is 6.67. The normalized spacial score (nSPS) is 25.4. The molecule has 23 heavy (non-hydrogen) atoms. The van der Waals surface area contributed by atoms with Gasteiger partial charge in [0, 0.05) is 18.3 Å². The lowest BCUT2D eigenvalue weighted by Gasteiger charge is -2.33. The highest BCUT2D eigenvalue weighted by atomic mass is 16.5. The Balaban J connectivity index is 1.66. The maximum atomic E-state index is 12.6. The third kappa shape index (κ3) is 3.78. The summed E-state index contributed by atoms with van der Waals surface area (Å²) in [4.78, 5) is 14.5. The summed E-state index contributed by atoms with van der Waals surface area (Å²) in [6, 6.07) is 7.38. The molecule has 2 N–H and O–H groups in total. The first-order valence-corrected chi connectivity index (χ1v) is 8.57. The number of ether oxygens (including phenoxy) is 1. The molecule has 2 unspecified atom stereocenters. The van der Waals surface area contributed by atoms with E-state index in [1.54, 1.807) is 7.11 Å². The highest BCUT2D eigenvalue weighted by Crippen LogP contribution is 2.34. The largest absolute Gasteiger partial charge is 0.497 e. The van der Waals surface area contributed by atoms with E-state index in [9.17, 15) is 9.90 Å². The van der Waals surface area contributed by atoms with Gasteiger partial charge >= 0.3 is 6.03 Å². The SMILES string of the molecule is COc1ccc(NC(=O)N2CC(O)CC2C2CCCCC2)cc1. The zero-order chi connectivity index (χ0) is 16.2. The van der Waals surface area contributed by atoms with Crippen LogP contribution in [0.25, 0.3) is 0 Å². The van der Waals surface area contributed by atoms with E-state index in [-0.39, 0.29) is 12.1 Å². The number of anilines is 1. The Hall–Kier alpha value is -1.75. The molecule has 0 aromatic heterocycles. The number of nitrogens with one attached hydrogen (secondary N) is 1. The van der Waals surface area contributed by atoms with Gasteiger partial charge in [-0.25, -0.2) is 4.79 Å². The summed E-state index contributed by atoms with van der Waals surface area (Å²) < 4.78 is 5.13. The molecule has 3 rings (SSSR count). The Labute approximate surface area is 137 Å². The predicted molar refractivity (Wildman–Crippen MR) is 89.7 cm³/mol. The van der Waals surface area contributed by atoms with Gasteiger partial charge < -0.3 is 20.1 Å². The number of rotatable bonds is 3. The molecule has 2 aliphatic rings. The van der Waals surface area contributed by atoms with E-state index in [1.807, 2.05) is 29.2 Å². The Kier molecular flexibility index (Phi) is 5.06. The van der Waals surface area contributed by atoms with Gasteiger partial charge in [-0.1, -0.05) is 19.3 Å². The molecule has 1 heterocycles. The summed E-state index contributed by atoms with van der Waals surface area (Å²) in [7, 11) is 1.62. The number of β-amino-alcohol motifs (C(OH)–C–C–N with tert-alkyl or cyclic N) is 1. The van der Waals surface area contributed by atoms with Crippen LogP contribution < -0.4 is 10.1 Å². The summed E-state index contributed by atoms with van der Waals surface area (Å²) in [6.07, 6.45) is 6.43. The topological polar surface area (TPSA) is 61.8 Å². The van der Waals surface area contributed by atoms with E-state index < -0.39 is 6.10 Å². The highest BCUT2D eigenvalue weighted by molar-refractivity contribution is 5.89. The molecular weight excluding hydrogens is 292 g/mol. The number of urea groups is 1. The number of methoxy groups -OCH3 is 1. The van der Waals surface area contributed by atoms with Crippen molar-refractivity contribution in [2.24, 2.45) is 5.92 Å². The van der Waals surface area contributed by atoms with Crippen LogP contribution in [0.3, 0.4) is 0 Å². The number of amides is 2. The van der Waals surface area contributed by atoms with Crippen LogP contribution in [0.5, 0.6) is 5.75 Å². The van der Waals surface area contributed by atoms with E-state index in [4.69, 9.17) is 4.74 Å². The zero-order valence-corrected chi connectivity index (χ0v) is 13.7. The molecular formula is C18H26N2O3. The molecule has 2 atom stereocenters. The van der Waals surface area contributed by atoms with Crippen LogP contribution in [0, 0.1) is 5.92 Å². The minimum Gasteiger partial charge on any atom is -0.497 e. The Morgan fingerprint density at radius 3 is 2.57 bits per heavy atom. The number of aliphatic hydroxyl groups is 1. The maximum Gasteiger partial charge on any atom is 0.322 e. The molecule has 0 bridgehead atoms. The van der Waals surface area contributed by atoms with Crippen molar-refractivity contribution in [1.29, 1.82) is 0 Å². The number of likely N-dealkylation sites (tertiary alicyclic amines) is 1. The number of aliphatic hydroxyl groups excluding tert-OH is 1. The molecule has 1 aromatic rings. The molecule has 5 heteroatoms. The van der Waals surface area contributed by atoms with E-state index in [1.165, 1.54) is 32.1 Å². The maximum absolute atomic E-state index is 12.6. The number of nitrogens with zero attached hydrogens (tertiary/aromatic N) is 1. The predicted octanol–water partition coefficient (Wildman–Crippen LogP) is 3.24. The van der Waals surface area contributed by atoms with Gasteiger partial charge in [0.15, 0.2) is 0 Å². The van der Waals surface area contributed by atoms with Crippen molar-refractivity contribution < 1.29 is 14.6 Å². The average molecular weight is 318 g/mol. The first kappa shape index (κ1) is 16.1. The lowest BCUT2D eigenvalue weighted by atomic mass is 9.83. The fourth-order valence-corrected chi connectivity index (χ4v) is 3.91. The quantitative estimate of drug-likeness (QED) is 0.899. The van der Waals surface area contributed by atoms with Crippen LogP contribution in [-0.4, -0.2) is 41.8 Å². The molecule has 2 amide bonds. The first-order chi connectivity index (χ1) is 11.2. The van der Waals surface area contributed by atoms with Gasteiger partial charge in [0.1, 0.15) is 5.75 Å². The van der Waals surface area contributed by atoms with Crippen molar-refractivity contribution >= 4 is 11.7 Å². The van der Waals surface area contributed by atoms with E-state index in [2.05, 4.69) is 5.32 Å². The lowest BCUT2D eigenvalue weighted by Crippen LogP contribution is -2.43. The Morgan fingerprint density at radius 2 is 1.91 bits per heavy atom. The van der Waals surface area contributed by atoms with Crippen LogP contribution in [0.1, 0.15) is 38.5 Å². The van der Waals surface area contributed by atoms with Gasteiger partial charge in [0.05, 0.1) is 13.2 Å².